The molecule has 0 atom stereocenters. The van der Waals surface area contributed by atoms with Crippen LogP contribution in [-0.4, -0.2) is 34.0 Å². The molecule has 9 heteroatoms. The van der Waals surface area contributed by atoms with Crippen molar-refractivity contribution in [3.63, 3.8) is 0 Å². The van der Waals surface area contributed by atoms with E-state index >= 15 is 0 Å². The van der Waals surface area contributed by atoms with E-state index in [-0.39, 0.29) is 28.6 Å². The third-order valence-corrected chi connectivity index (χ3v) is 5.30. The van der Waals surface area contributed by atoms with Gasteiger partial charge < -0.3 is 10.1 Å². The van der Waals surface area contributed by atoms with Crippen LogP contribution in [0.3, 0.4) is 0 Å². The van der Waals surface area contributed by atoms with Crippen molar-refractivity contribution < 1.29 is 23.5 Å². The number of Topliss-reactive ketones (excluding diaryl/α,β-unsaturated/α-hetero) is 1. The van der Waals surface area contributed by atoms with Gasteiger partial charge in [0.2, 0.25) is 5.91 Å². The van der Waals surface area contributed by atoms with Crippen LogP contribution < -0.4 is 5.32 Å². The zero-order valence-electron chi connectivity index (χ0n) is 19.5. The third-order valence-electron chi connectivity index (χ3n) is 4.94. The number of anilines is 1. The summed E-state index contributed by atoms with van der Waals surface area (Å²) in [6.07, 6.45) is 3.01. The molecule has 7 nitrogen and oxygen atoms in total. The van der Waals surface area contributed by atoms with Gasteiger partial charge in [0, 0.05) is 29.3 Å². The van der Waals surface area contributed by atoms with E-state index in [9.17, 15) is 18.8 Å². The SMILES string of the molecule is Cc1nn(-c2ccc(F)cc2)c(Cl)c1/C=C/C(=O)OCC(=O)c1ccc(NC(=O)CC(C)C)cc1. The Bertz CT molecular complexity index is 1250. The molecule has 0 aliphatic rings. The Kier molecular flexibility index (Phi) is 8.54. The number of aryl methyl sites for hydroxylation is 1. The van der Waals surface area contributed by atoms with Gasteiger partial charge in [-0.15, -0.1) is 0 Å². The molecule has 0 saturated carbocycles. The molecule has 182 valence electrons. The molecule has 1 N–H and O–H groups in total. The molecular weight excluding hydrogens is 473 g/mol. The first-order chi connectivity index (χ1) is 16.6. The van der Waals surface area contributed by atoms with Gasteiger partial charge in [-0.25, -0.2) is 13.9 Å². The second kappa shape index (κ2) is 11.6. The van der Waals surface area contributed by atoms with Gasteiger partial charge in [0.15, 0.2) is 12.4 Å². The summed E-state index contributed by atoms with van der Waals surface area (Å²) < 4.78 is 19.6. The van der Waals surface area contributed by atoms with Crippen LogP contribution in [0.4, 0.5) is 10.1 Å². The molecular formula is C26H25ClFN3O4. The summed E-state index contributed by atoms with van der Waals surface area (Å²) >= 11 is 6.39. The molecule has 0 aliphatic heterocycles. The van der Waals surface area contributed by atoms with Crippen LogP contribution in [0.5, 0.6) is 0 Å². The maximum absolute atomic E-state index is 13.2. The molecule has 0 radical (unpaired) electrons. The van der Waals surface area contributed by atoms with Gasteiger partial charge in [-0.2, -0.15) is 5.10 Å². The quantitative estimate of drug-likeness (QED) is 0.243. The average molecular weight is 498 g/mol. The maximum Gasteiger partial charge on any atom is 0.331 e. The molecule has 0 aliphatic carbocycles. The number of hydrogen-bond donors (Lipinski definition) is 1. The number of benzene rings is 2. The van der Waals surface area contributed by atoms with Gasteiger partial charge in [-0.1, -0.05) is 25.4 Å². The Balaban J connectivity index is 1.56. The summed E-state index contributed by atoms with van der Waals surface area (Å²) in [4.78, 5) is 36.3. The molecule has 0 bridgehead atoms. The Morgan fingerprint density at radius 3 is 2.40 bits per heavy atom. The van der Waals surface area contributed by atoms with Crippen molar-refractivity contribution in [3.05, 3.63) is 82.4 Å². The number of nitrogens with one attached hydrogen (secondary N) is 1. The van der Waals surface area contributed by atoms with Crippen molar-refractivity contribution in [3.8, 4) is 5.69 Å². The van der Waals surface area contributed by atoms with E-state index in [1.165, 1.54) is 35.0 Å². The van der Waals surface area contributed by atoms with Gasteiger partial charge in [0.1, 0.15) is 11.0 Å². The lowest BCUT2D eigenvalue weighted by atomic mass is 10.1. The van der Waals surface area contributed by atoms with Crippen molar-refractivity contribution in [1.82, 2.24) is 9.78 Å². The molecule has 2 aromatic carbocycles. The number of halogens is 2. The number of amides is 1. The summed E-state index contributed by atoms with van der Waals surface area (Å²) in [5, 5.41) is 7.33. The first-order valence-electron chi connectivity index (χ1n) is 10.9. The van der Waals surface area contributed by atoms with Gasteiger partial charge in [-0.3, -0.25) is 9.59 Å². The molecule has 1 heterocycles. The maximum atomic E-state index is 13.2. The molecule has 0 spiro atoms. The Labute approximate surface area is 207 Å². The van der Waals surface area contributed by atoms with Gasteiger partial charge in [0.25, 0.3) is 0 Å². The highest BCUT2D eigenvalue weighted by molar-refractivity contribution is 6.31. The minimum atomic E-state index is -0.721. The van der Waals surface area contributed by atoms with E-state index < -0.39 is 12.6 Å². The number of aromatic nitrogens is 2. The van der Waals surface area contributed by atoms with Crippen LogP contribution in [0, 0.1) is 18.7 Å². The molecule has 0 unspecified atom stereocenters. The predicted molar refractivity (Wildman–Crippen MR) is 132 cm³/mol. The lowest BCUT2D eigenvalue weighted by Gasteiger charge is -2.08. The summed E-state index contributed by atoms with van der Waals surface area (Å²) in [6, 6.07) is 12.0. The Hall–Kier alpha value is -3.78. The van der Waals surface area contributed by atoms with Crippen LogP contribution >= 0.6 is 11.6 Å². The Morgan fingerprint density at radius 2 is 1.77 bits per heavy atom. The monoisotopic (exact) mass is 497 g/mol. The summed E-state index contributed by atoms with van der Waals surface area (Å²) in [7, 11) is 0. The second-order valence-corrected chi connectivity index (χ2v) is 8.62. The van der Waals surface area contributed by atoms with Crippen molar-refractivity contribution in [2.24, 2.45) is 5.92 Å². The normalized spacial score (nSPS) is 11.1. The van der Waals surface area contributed by atoms with Crippen molar-refractivity contribution in [2.75, 3.05) is 11.9 Å². The zero-order chi connectivity index (χ0) is 25.5. The number of nitrogens with zero attached hydrogens (tertiary/aromatic N) is 2. The van der Waals surface area contributed by atoms with Crippen LogP contribution in [0.2, 0.25) is 5.15 Å². The Morgan fingerprint density at radius 1 is 1.11 bits per heavy atom. The van der Waals surface area contributed by atoms with Gasteiger partial charge in [-0.05, 0) is 67.4 Å². The number of carbonyl (C=O) groups excluding carboxylic acids is 3. The fourth-order valence-corrected chi connectivity index (χ4v) is 3.53. The lowest BCUT2D eigenvalue weighted by molar-refractivity contribution is -0.136. The van der Waals surface area contributed by atoms with Crippen LogP contribution in [0.15, 0.2) is 54.6 Å². The molecule has 0 fully saturated rings. The van der Waals surface area contributed by atoms with Crippen molar-refractivity contribution >= 4 is 41.0 Å². The number of rotatable bonds is 9. The minimum absolute atomic E-state index is 0.0988. The number of esters is 1. The average Bonchev–Trinajstić information content (AvgIpc) is 3.09. The predicted octanol–water partition coefficient (Wildman–Crippen LogP) is 5.40. The number of ether oxygens (including phenoxy) is 1. The van der Waals surface area contributed by atoms with Crippen molar-refractivity contribution in [1.29, 1.82) is 0 Å². The summed E-state index contributed by atoms with van der Waals surface area (Å²) in [5.41, 5.74) is 2.55. The molecule has 3 aromatic rings. The van der Waals surface area contributed by atoms with Crippen LogP contribution in [0.25, 0.3) is 11.8 Å². The molecule has 1 amide bonds. The van der Waals surface area contributed by atoms with E-state index in [2.05, 4.69) is 10.4 Å². The fraction of sp³-hybridized carbons (Fsp3) is 0.231. The van der Waals surface area contributed by atoms with E-state index in [1.54, 1.807) is 31.2 Å². The highest BCUT2D eigenvalue weighted by Gasteiger charge is 2.14. The first-order valence-corrected chi connectivity index (χ1v) is 11.3. The van der Waals surface area contributed by atoms with E-state index in [0.29, 0.717) is 34.6 Å². The summed E-state index contributed by atoms with van der Waals surface area (Å²) in [5.74, 6) is -1.34. The molecule has 0 saturated heterocycles. The zero-order valence-corrected chi connectivity index (χ0v) is 20.3. The first kappa shape index (κ1) is 25.8. The van der Waals surface area contributed by atoms with Gasteiger partial charge in [0.05, 0.1) is 11.4 Å². The van der Waals surface area contributed by atoms with E-state index in [1.807, 2.05) is 13.8 Å². The molecule has 35 heavy (non-hydrogen) atoms. The summed E-state index contributed by atoms with van der Waals surface area (Å²) in [6.45, 7) is 5.18. The standard InChI is InChI=1S/C26H25ClFN3O4/c1-16(2)14-24(33)29-20-8-4-18(5-9-20)23(32)15-35-25(34)13-12-22-17(3)30-31(26(22)27)21-10-6-19(28)7-11-21/h4-13,16H,14-15H2,1-3H3,(H,29,33)/b13-12+. The van der Waals surface area contributed by atoms with E-state index in [4.69, 9.17) is 16.3 Å². The van der Waals surface area contributed by atoms with Crippen LogP contribution in [-0.2, 0) is 14.3 Å². The molecule has 1 aromatic heterocycles. The fourth-order valence-electron chi connectivity index (χ4n) is 3.20. The van der Waals surface area contributed by atoms with Gasteiger partial charge >= 0.3 is 5.97 Å². The highest BCUT2D eigenvalue weighted by atomic mass is 35.5. The third kappa shape index (κ3) is 7.10. The lowest BCUT2D eigenvalue weighted by Crippen LogP contribution is -2.14. The van der Waals surface area contributed by atoms with Crippen LogP contribution in [0.1, 0.15) is 41.9 Å². The highest BCUT2D eigenvalue weighted by Crippen LogP contribution is 2.25. The van der Waals surface area contributed by atoms with Crippen molar-refractivity contribution in [2.45, 2.75) is 27.2 Å². The van der Waals surface area contributed by atoms with E-state index in [0.717, 1.165) is 6.08 Å². The minimum Gasteiger partial charge on any atom is -0.454 e. The second-order valence-electron chi connectivity index (χ2n) is 8.27. The molecule has 3 rings (SSSR count). The number of hydrogen-bond acceptors (Lipinski definition) is 5. The number of ketones is 1. The topological polar surface area (TPSA) is 90.3 Å². The number of carbonyl (C=O) groups is 3. The largest absolute Gasteiger partial charge is 0.454 e. The smallest absolute Gasteiger partial charge is 0.331 e.